The number of aromatic nitrogens is 3. The molecule has 0 spiro atoms. The van der Waals surface area contributed by atoms with Gasteiger partial charge in [0, 0.05) is 13.7 Å². The van der Waals surface area contributed by atoms with E-state index in [9.17, 15) is 10.1 Å². The van der Waals surface area contributed by atoms with Gasteiger partial charge >= 0.3 is 0 Å². The third kappa shape index (κ3) is 4.69. The number of hydrogen-bond acceptors (Lipinski definition) is 6. The van der Waals surface area contributed by atoms with E-state index in [-0.39, 0.29) is 11.2 Å². The van der Waals surface area contributed by atoms with Gasteiger partial charge in [-0.25, -0.2) is 0 Å². The Morgan fingerprint density at radius 2 is 2.30 bits per heavy atom. The molecule has 1 aliphatic carbocycles. The van der Waals surface area contributed by atoms with Crippen molar-refractivity contribution < 1.29 is 9.53 Å². The van der Waals surface area contributed by atoms with Crippen molar-refractivity contribution in [2.75, 3.05) is 13.7 Å². The molecule has 1 heterocycles. The minimum absolute atomic E-state index is 0.125. The lowest BCUT2D eigenvalue weighted by Crippen LogP contribution is -2.51. The van der Waals surface area contributed by atoms with E-state index in [0.29, 0.717) is 18.3 Å². The zero-order chi connectivity index (χ0) is 16.7. The van der Waals surface area contributed by atoms with Crippen LogP contribution in [-0.4, -0.2) is 45.2 Å². The SMILES string of the molecule is COCCn1cnnc1SC(C)C(=O)NC1(C#N)CCCCC1. The number of nitrogens with zero attached hydrogens (tertiary/aromatic N) is 4. The van der Waals surface area contributed by atoms with Gasteiger partial charge in [-0.05, 0) is 19.8 Å². The Hall–Kier alpha value is -1.59. The highest BCUT2D eigenvalue weighted by Crippen LogP contribution is 2.29. The van der Waals surface area contributed by atoms with E-state index in [1.54, 1.807) is 13.4 Å². The summed E-state index contributed by atoms with van der Waals surface area (Å²) in [5.41, 5.74) is -0.701. The summed E-state index contributed by atoms with van der Waals surface area (Å²) >= 11 is 1.35. The fraction of sp³-hybridized carbons (Fsp3) is 0.733. The van der Waals surface area contributed by atoms with Gasteiger partial charge in [0.25, 0.3) is 0 Å². The summed E-state index contributed by atoms with van der Waals surface area (Å²) in [4.78, 5) is 12.5. The maximum absolute atomic E-state index is 12.5. The predicted molar refractivity (Wildman–Crippen MR) is 86.8 cm³/mol. The Morgan fingerprint density at radius 1 is 1.57 bits per heavy atom. The zero-order valence-electron chi connectivity index (χ0n) is 13.6. The third-order valence-corrected chi connectivity index (χ3v) is 5.15. The lowest BCUT2D eigenvalue weighted by molar-refractivity contribution is -0.121. The lowest BCUT2D eigenvalue weighted by atomic mass is 9.83. The van der Waals surface area contributed by atoms with Crippen LogP contribution in [0.2, 0.25) is 0 Å². The van der Waals surface area contributed by atoms with Crippen LogP contribution in [0.5, 0.6) is 0 Å². The molecule has 0 aromatic carbocycles. The summed E-state index contributed by atoms with van der Waals surface area (Å²) in [5.74, 6) is -0.125. The summed E-state index contributed by atoms with van der Waals surface area (Å²) in [6.07, 6.45) is 6.20. The van der Waals surface area contributed by atoms with Gasteiger partial charge in [-0.15, -0.1) is 10.2 Å². The molecule has 1 N–H and O–H groups in total. The number of carbonyl (C=O) groups is 1. The topological polar surface area (TPSA) is 92.8 Å². The monoisotopic (exact) mass is 337 g/mol. The highest BCUT2D eigenvalue weighted by molar-refractivity contribution is 8.00. The largest absolute Gasteiger partial charge is 0.383 e. The van der Waals surface area contributed by atoms with Crippen molar-refractivity contribution >= 4 is 17.7 Å². The van der Waals surface area contributed by atoms with Crippen LogP contribution in [0.1, 0.15) is 39.0 Å². The number of amides is 1. The van der Waals surface area contributed by atoms with E-state index in [2.05, 4.69) is 21.6 Å². The van der Waals surface area contributed by atoms with Crippen molar-refractivity contribution in [3.63, 3.8) is 0 Å². The van der Waals surface area contributed by atoms with Crippen LogP contribution in [0.25, 0.3) is 0 Å². The number of thioether (sulfide) groups is 1. The van der Waals surface area contributed by atoms with Crippen molar-refractivity contribution in [2.45, 2.75) is 61.5 Å². The second-order valence-corrected chi connectivity index (χ2v) is 7.11. The van der Waals surface area contributed by atoms with Crippen LogP contribution >= 0.6 is 11.8 Å². The molecule has 0 aliphatic heterocycles. The van der Waals surface area contributed by atoms with Gasteiger partial charge in [-0.1, -0.05) is 31.0 Å². The van der Waals surface area contributed by atoms with Crippen LogP contribution in [0.3, 0.4) is 0 Å². The fourth-order valence-electron chi connectivity index (χ4n) is 2.65. The summed E-state index contributed by atoms with van der Waals surface area (Å²) < 4.78 is 6.91. The number of rotatable bonds is 7. The molecule has 1 aromatic rings. The molecule has 1 aromatic heterocycles. The number of hydrogen-bond donors (Lipinski definition) is 1. The highest BCUT2D eigenvalue weighted by Gasteiger charge is 2.35. The van der Waals surface area contributed by atoms with Crippen molar-refractivity contribution in [3.05, 3.63) is 6.33 Å². The second-order valence-electron chi connectivity index (χ2n) is 5.80. The molecule has 1 atom stereocenters. The number of ether oxygens (including phenoxy) is 1. The molecular formula is C15H23N5O2S. The predicted octanol–water partition coefficient (Wildman–Crippen LogP) is 1.75. The minimum atomic E-state index is -0.701. The van der Waals surface area contributed by atoms with Crippen molar-refractivity contribution in [2.24, 2.45) is 0 Å². The molecule has 1 unspecified atom stereocenters. The first-order chi connectivity index (χ1) is 11.1. The van der Waals surface area contributed by atoms with E-state index < -0.39 is 5.54 Å². The number of nitrogens with one attached hydrogen (secondary N) is 1. The smallest absolute Gasteiger partial charge is 0.234 e. The highest BCUT2D eigenvalue weighted by atomic mass is 32.2. The number of carbonyl (C=O) groups excluding carboxylic acids is 1. The Balaban J connectivity index is 1.95. The van der Waals surface area contributed by atoms with E-state index in [4.69, 9.17) is 4.74 Å². The first-order valence-corrected chi connectivity index (χ1v) is 8.75. The Kier molecular flexibility index (Phi) is 6.42. The normalized spacial score (nSPS) is 18.1. The zero-order valence-corrected chi connectivity index (χ0v) is 14.4. The molecule has 1 aliphatic rings. The Labute approximate surface area is 140 Å². The molecule has 0 radical (unpaired) electrons. The molecule has 2 rings (SSSR count). The Morgan fingerprint density at radius 3 is 2.96 bits per heavy atom. The average Bonchev–Trinajstić information content (AvgIpc) is 3.00. The van der Waals surface area contributed by atoms with Crippen LogP contribution < -0.4 is 5.32 Å². The van der Waals surface area contributed by atoms with Gasteiger partial charge in [0.1, 0.15) is 11.9 Å². The number of nitriles is 1. The van der Waals surface area contributed by atoms with Crippen molar-refractivity contribution in [3.8, 4) is 6.07 Å². The average molecular weight is 337 g/mol. The molecule has 0 saturated heterocycles. The van der Waals surface area contributed by atoms with Crippen LogP contribution in [0, 0.1) is 11.3 Å². The second kappa shape index (κ2) is 8.31. The molecule has 1 saturated carbocycles. The van der Waals surface area contributed by atoms with Gasteiger partial charge in [-0.3, -0.25) is 4.79 Å². The summed E-state index contributed by atoms with van der Waals surface area (Å²) in [6, 6.07) is 2.31. The van der Waals surface area contributed by atoms with Gasteiger partial charge < -0.3 is 14.6 Å². The standard InChI is InChI=1S/C15H23N5O2S/c1-12(23-14-19-17-11-20(14)8-9-22-2)13(21)18-15(10-16)6-4-3-5-7-15/h11-12H,3-9H2,1-2H3,(H,18,21). The molecule has 23 heavy (non-hydrogen) atoms. The third-order valence-electron chi connectivity index (χ3n) is 4.05. The van der Waals surface area contributed by atoms with E-state index in [1.807, 2.05) is 11.5 Å². The van der Waals surface area contributed by atoms with Gasteiger partial charge in [-0.2, -0.15) is 5.26 Å². The van der Waals surface area contributed by atoms with Crippen LogP contribution in [-0.2, 0) is 16.1 Å². The first kappa shape index (κ1) is 17.8. The molecule has 8 heteroatoms. The van der Waals surface area contributed by atoms with Crippen LogP contribution in [0.4, 0.5) is 0 Å². The molecule has 7 nitrogen and oxygen atoms in total. The van der Waals surface area contributed by atoms with Crippen LogP contribution in [0.15, 0.2) is 11.5 Å². The first-order valence-electron chi connectivity index (χ1n) is 7.87. The number of methoxy groups -OCH3 is 1. The van der Waals surface area contributed by atoms with Gasteiger partial charge in [0.2, 0.25) is 5.91 Å². The Bertz CT molecular complexity index is 562. The van der Waals surface area contributed by atoms with E-state index in [0.717, 1.165) is 32.1 Å². The molecule has 126 valence electrons. The maximum atomic E-state index is 12.5. The quantitative estimate of drug-likeness (QED) is 0.762. The van der Waals surface area contributed by atoms with Crippen molar-refractivity contribution in [1.82, 2.24) is 20.1 Å². The molecule has 1 amide bonds. The summed E-state index contributed by atoms with van der Waals surface area (Å²) in [7, 11) is 1.64. The molecule has 0 bridgehead atoms. The molecular weight excluding hydrogens is 314 g/mol. The van der Waals surface area contributed by atoms with E-state index in [1.165, 1.54) is 11.8 Å². The fourth-order valence-corrected chi connectivity index (χ4v) is 3.50. The van der Waals surface area contributed by atoms with Gasteiger partial charge in [0.15, 0.2) is 5.16 Å². The summed E-state index contributed by atoms with van der Waals surface area (Å²) in [5, 5.41) is 20.7. The van der Waals surface area contributed by atoms with Gasteiger partial charge in [0.05, 0.1) is 17.9 Å². The molecule has 1 fully saturated rings. The lowest BCUT2D eigenvalue weighted by Gasteiger charge is -2.32. The van der Waals surface area contributed by atoms with E-state index >= 15 is 0 Å². The minimum Gasteiger partial charge on any atom is -0.383 e. The summed E-state index contributed by atoms with van der Waals surface area (Å²) in [6.45, 7) is 3.02. The maximum Gasteiger partial charge on any atom is 0.234 e. The van der Waals surface area contributed by atoms with Crippen molar-refractivity contribution in [1.29, 1.82) is 5.26 Å².